The van der Waals surface area contributed by atoms with Crippen LogP contribution in [0.25, 0.3) is 0 Å². The highest BCUT2D eigenvalue weighted by Gasteiger charge is 2.30. The topological polar surface area (TPSA) is 20.3 Å². The van der Waals surface area contributed by atoms with Crippen molar-refractivity contribution in [3.63, 3.8) is 0 Å². The minimum absolute atomic E-state index is 0.0252. The summed E-state index contributed by atoms with van der Waals surface area (Å²) in [4.78, 5) is 15.0. The number of benzene rings is 3. The molecule has 0 heterocycles. The van der Waals surface area contributed by atoms with Crippen LogP contribution >= 0.6 is 34.8 Å². The van der Waals surface area contributed by atoms with Gasteiger partial charge in [0.2, 0.25) is 0 Å². The third-order valence-electron chi connectivity index (χ3n) is 5.63. The average molecular weight is 543 g/mol. The summed E-state index contributed by atoms with van der Waals surface area (Å²) in [5.41, 5.74) is 1.88. The van der Waals surface area contributed by atoms with E-state index in [1.54, 1.807) is 11.0 Å². The quantitative estimate of drug-likeness (QED) is 0.285. The molecule has 3 aromatic rings. The Morgan fingerprint density at radius 2 is 1.51 bits per heavy atom. The highest BCUT2D eigenvalue weighted by Crippen LogP contribution is 2.32. The number of halogens is 6. The number of rotatable bonds is 6. The first kappa shape index (κ1) is 27.4. The normalized spacial score (nSPS) is 12.0. The van der Waals surface area contributed by atoms with Crippen molar-refractivity contribution in [1.29, 1.82) is 0 Å². The summed E-state index contributed by atoms with van der Waals surface area (Å²) in [7, 11) is 0. The first-order valence-corrected chi connectivity index (χ1v) is 12.1. The molecule has 0 spiro atoms. The molecule has 0 radical (unpaired) electrons. The Kier molecular flexibility index (Phi) is 8.46. The summed E-state index contributed by atoms with van der Waals surface area (Å²) in [6.07, 6.45) is -4.22. The minimum atomic E-state index is -4.44. The van der Waals surface area contributed by atoms with Gasteiger partial charge in [0, 0.05) is 18.1 Å². The fourth-order valence-corrected chi connectivity index (χ4v) is 4.32. The van der Waals surface area contributed by atoms with E-state index in [1.807, 2.05) is 24.3 Å². The van der Waals surface area contributed by atoms with Gasteiger partial charge in [-0.25, -0.2) is 0 Å². The van der Waals surface area contributed by atoms with Crippen molar-refractivity contribution < 1.29 is 18.0 Å². The van der Waals surface area contributed by atoms with Crippen LogP contribution in [0.15, 0.2) is 60.7 Å². The van der Waals surface area contributed by atoms with Crippen molar-refractivity contribution in [1.82, 2.24) is 4.90 Å². The lowest BCUT2D eigenvalue weighted by molar-refractivity contribution is -0.137. The Hall–Kier alpha value is -2.21. The molecule has 3 aromatic carbocycles. The van der Waals surface area contributed by atoms with Crippen molar-refractivity contribution in [2.75, 3.05) is 6.54 Å². The first-order valence-electron chi connectivity index (χ1n) is 10.9. The molecule has 1 amide bonds. The molecule has 0 aliphatic heterocycles. The van der Waals surface area contributed by atoms with Crippen LogP contribution in [0.2, 0.25) is 15.1 Å². The molecule has 0 N–H and O–H groups in total. The lowest BCUT2D eigenvalue weighted by Crippen LogP contribution is -2.33. The van der Waals surface area contributed by atoms with Gasteiger partial charge in [0.25, 0.3) is 5.91 Å². The fourth-order valence-electron chi connectivity index (χ4n) is 3.63. The number of carbonyl (C=O) groups excluding carboxylic acids is 1. The molecule has 8 heteroatoms. The zero-order chi connectivity index (χ0) is 26.0. The minimum Gasteiger partial charge on any atom is -0.334 e. The van der Waals surface area contributed by atoms with Crippen LogP contribution < -0.4 is 0 Å². The van der Waals surface area contributed by atoms with E-state index >= 15 is 0 Å². The van der Waals surface area contributed by atoms with E-state index in [2.05, 4.69) is 20.8 Å². The standard InChI is InChI=1S/C27H25Cl3F3NO/c1-26(2,3)19-9-7-18(8-10-19)16-34(25(35)22-14-21(28)15-23(29)24(22)30)12-11-17-5-4-6-20(13-17)27(31,32)33/h4-10,13-15H,11-12,16H2,1-3H3. The summed E-state index contributed by atoms with van der Waals surface area (Å²) in [5.74, 6) is -0.411. The van der Waals surface area contributed by atoms with Gasteiger partial charge in [-0.2, -0.15) is 13.2 Å². The zero-order valence-electron chi connectivity index (χ0n) is 19.5. The summed E-state index contributed by atoms with van der Waals surface area (Å²) >= 11 is 18.5. The summed E-state index contributed by atoms with van der Waals surface area (Å²) in [6.45, 7) is 6.73. The Balaban J connectivity index is 1.90. The second kappa shape index (κ2) is 10.8. The highest BCUT2D eigenvalue weighted by atomic mass is 35.5. The Labute approximate surface area is 218 Å². The number of alkyl halides is 3. The lowest BCUT2D eigenvalue weighted by atomic mass is 9.87. The van der Waals surface area contributed by atoms with Crippen LogP contribution in [-0.4, -0.2) is 17.4 Å². The molecule has 0 aromatic heterocycles. The maximum Gasteiger partial charge on any atom is 0.416 e. The second-order valence-corrected chi connectivity index (χ2v) is 10.6. The average Bonchev–Trinajstić information content (AvgIpc) is 2.78. The van der Waals surface area contributed by atoms with Crippen molar-refractivity contribution in [2.45, 2.75) is 45.3 Å². The Morgan fingerprint density at radius 1 is 0.857 bits per heavy atom. The predicted octanol–water partition coefficient (Wildman–Crippen LogP) is 8.85. The molecule has 0 bridgehead atoms. The number of carbonyl (C=O) groups is 1. The summed E-state index contributed by atoms with van der Waals surface area (Å²) in [6, 6.07) is 15.9. The molecular weight excluding hydrogens is 518 g/mol. The van der Waals surface area contributed by atoms with E-state index in [4.69, 9.17) is 34.8 Å². The molecule has 2 nitrogen and oxygen atoms in total. The first-order chi connectivity index (χ1) is 16.3. The maximum absolute atomic E-state index is 13.5. The molecule has 0 fully saturated rings. The maximum atomic E-state index is 13.5. The molecule has 0 saturated heterocycles. The van der Waals surface area contributed by atoms with Gasteiger partial charge >= 0.3 is 6.18 Å². The van der Waals surface area contributed by atoms with Gasteiger partial charge < -0.3 is 4.90 Å². The third-order valence-corrected chi connectivity index (χ3v) is 6.65. The molecule has 0 unspecified atom stereocenters. The van der Waals surface area contributed by atoms with Crippen molar-refractivity contribution in [2.24, 2.45) is 0 Å². The molecule has 0 atom stereocenters. The monoisotopic (exact) mass is 541 g/mol. The van der Waals surface area contributed by atoms with Crippen LogP contribution in [0.1, 0.15) is 53.4 Å². The van der Waals surface area contributed by atoms with E-state index < -0.39 is 17.6 Å². The predicted molar refractivity (Wildman–Crippen MR) is 137 cm³/mol. The fraction of sp³-hybridized carbons (Fsp3) is 0.296. The highest BCUT2D eigenvalue weighted by molar-refractivity contribution is 6.45. The van der Waals surface area contributed by atoms with Crippen LogP contribution in [0.3, 0.4) is 0 Å². The van der Waals surface area contributed by atoms with Gasteiger partial charge in [-0.05, 0) is 46.7 Å². The molecule has 186 valence electrons. The van der Waals surface area contributed by atoms with Gasteiger partial charge in [-0.3, -0.25) is 4.79 Å². The van der Waals surface area contributed by atoms with E-state index in [0.29, 0.717) is 5.56 Å². The van der Waals surface area contributed by atoms with Crippen LogP contribution in [0.5, 0.6) is 0 Å². The van der Waals surface area contributed by atoms with Crippen LogP contribution in [0.4, 0.5) is 13.2 Å². The summed E-state index contributed by atoms with van der Waals surface area (Å²) in [5, 5.41) is 0.484. The van der Waals surface area contributed by atoms with Crippen LogP contribution in [0, 0.1) is 0 Å². The zero-order valence-corrected chi connectivity index (χ0v) is 21.8. The SMILES string of the molecule is CC(C)(C)c1ccc(CN(CCc2cccc(C(F)(F)F)c2)C(=O)c2cc(Cl)cc(Cl)c2Cl)cc1. The smallest absolute Gasteiger partial charge is 0.334 e. The molecule has 0 aliphatic rings. The second-order valence-electron chi connectivity index (χ2n) is 9.37. The molecule has 35 heavy (non-hydrogen) atoms. The number of amides is 1. The van der Waals surface area contributed by atoms with Crippen molar-refractivity contribution >= 4 is 40.7 Å². The van der Waals surface area contributed by atoms with E-state index in [-0.39, 0.29) is 45.6 Å². The lowest BCUT2D eigenvalue weighted by Gasteiger charge is -2.25. The number of hydrogen-bond donors (Lipinski definition) is 0. The van der Waals surface area contributed by atoms with Gasteiger partial charge in [-0.15, -0.1) is 0 Å². The van der Waals surface area contributed by atoms with E-state index in [1.165, 1.54) is 18.2 Å². The third kappa shape index (κ3) is 7.16. The molecule has 0 saturated carbocycles. The Bertz CT molecular complexity index is 1200. The van der Waals surface area contributed by atoms with Gasteiger partial charge in [0.15, 0.2) is 0 Å². The largest absolute Gasteiger partial charge is 0.416 e. The van der Waals surface area contributed by atoms with Gasteiger partial charge in [0.1, 0.15) is 0 Å². The number of hydrogen-bond acceptors (Lipinski definition) is 1. The van der Waals surface area contributed by atoms with Crippen LogP contribution in [-0.2, 0) is 24.6 Å². The van der Waals surface area contributed by atoms with Gasteiger partial charge in [-0.1, -0.05) is 98.0 Å². The van der Waals surface area contributed by atoms with E-state index in [9.17, 15) is 18.0 Å². The number of nitrogens with zero attached hydrogens (tertiary/aromatic N) is 1. The van der Waals surface area contributed by atoms with E-state index in [0.717, 1.165) is 23.3 Å². The van der Waals surface area contributed by atoms with Crippen molar-refractivity contribution in [3.05, 3.63) is 104 Å². The molecule has 0 aliphatic carbocycles. The van der Waals surface area contributed by atoms with Gasteiger partial charge in [0.05, 0.1) is 21.2 Å². The summed E-state index contributed by atoms with van der Waals surface area (Å²) < 4.78 is 39.4. The molecular formula is C27H25Cl3F3NO. The molecule has 3 rings (SSSR count). The Morgan fingerprint density at radius 3 is 2.11 bits per heavy atom. The van der Waals surface area contributed by atoms with Crippen molar-refractivity contribution in [3.8, 4) is 0 Å².